The molecule has 0 spiro atoms. The van der Waals surface area contributed by atoms with Gasteiger partial charge in [0.25, 0.3) is 15.9 Å². The normalized spacial score (nSPS) is 11.1. The summed E-state index contributed by atoms with van der Waals surface area (Å²) in [5.74, 6) is 0.738. The summed E-state index contributed by atoms with van der Waals surface area (Å²) in [7, 11) is -2.24. The number of nitrogens with one attached hydrogen (secondary N) is 3. The number of carbonyl (C=O) groups is 1. The molecule has 4 rings (SSSR count). The molecule has 0 radical (unpaired) electrons. The lowest BCUT2D eigenvalue weighted by molar-refractivity contribution is -0.123. The third-order valence-electron chi connectivity index (χ3n) is 5.54. The fourth-order valence-corrected chi connectivity index (χ4v) is 4.83. The lowest BCUT2D eigenvalue weighted by atomic mass is 10.2. The van der Waals surface area contributed by atoms with Crippen LogP contribution in [0.1, 0.15) is 6.42 Å². The first-order chi connectivity index (χ1) is 18.3. The Morgan fingerprint density at radius 3 is 2.42 bits per heavy atom. The van der Waals surface area contributed by atoms with Crippen molar-refractivity contribution < 1.29 is 22.7 Å². The number of methoxy groups -OCH3 is 1. The number of sulfonamides is 1. The van der Waals surface area contributed by atoms with Gasteiger partial charge in [-0.3, -0.25) is 14.5 Å². The smallest absolute Gasteiger partial charge is 0.261 e. The lowest BCUT2D eigenvalue weighted by Crippen LogP contribution is -2.30. The molecule has 1 heterocycles. The van der Waals surface area contributed by atoms with Crippen molar-refractivity contribution in [3.05, 3.63) is 84.0 Å². The van der Waals surface area contributed by atoms with Gasteiger partial charge in [-0.15, -0.1) is 0 Å². The predicted octanol–water partition coefficient (Wildman–Crippen LogP) is 4.69. The van der Waals surface area contributed by atoms with Gasteiger partial charge in [0.2, 0.25) is 0 Å². The number of ether oxygens (including phenoxy) is 2. The predicted molar refractivity (Wildman–Crippen MR) is 149 cm³/mol. The maximum Gasteiger partial charge on any atom is 0.261 e. The number of aromatic nitrogens is 1. The van der Waals surface area contributed by atoms with Crippen LogP contribution in [0.2, 0.25) is 5.02 Å². The molecular weight excluding hydrogens is 528 g/mol. The monoisotopic (exact) mass is 554 g/mol. The van der Waals surface area contributed by atoms with Gasteiger partial charge in [0.05, 0.1) is 17.5 Å². The third kappa shape index (κ3) is 7.27. The molecule has 0 atom stereocenters. The van der Waals surface area contributed by atoms with Crippen molar-refractivity contribution in [2.24, 2.45) is 0 Å². The second kappa shape index (κ2) is 12.5. The van der Waals surface area contributed by atoms with Gasteiger partial charge >= 0.3 is 0 Å². The number of hydrogen-bond donors (Lipinski definition) is 3. The average molecular weight is 555 g/mol. The van der Waals surface area contributed by atoms with Crippen molar-refractivity contribution >= 4 is 49.8 Å². The van der Waals surface area contributed by atoms with Crippen LogP contribution in [0.15, 0.2) is 83.9 Å². The molecule has 198 valence electrons. The van der Waals surface area contributed by atoms with Gasteiger partial charge in [-0.05, 0) is 79.2 Å². The number of amides is 1. The van der Waals surface area contributed by atoms with Crippen LogP contribution in [-0.2, 0) is 14.8 Å². The lowest BCUT2D eigenvalue weighted by Gasteiger charge is -2.11. The van der Waals surface area contributed by atoms with Gasteiger partial charge in [0, 0.05) is 41.1 Å². The molecule has 38 heavy (non-hydrogen) atoms. The Balaban J connectivity index is 1.18. The highest BCUT2D eigenvalue weighted by Gasteiger charge is 2.14. The van der Waals surface area contributed by atoms with E-state index in [0.717, 1.165) is 16.6 Å². The molecule has 1 aromatic heterocycles. The molecule has 0 aliphatic carbocycles. The van der Waals surface area contributed by atoms with E-state index in [-0.39, 0.29) is 17.4 Å². The second-order valence-corrected chi connectivity index (χ2v) is 10.4. The highest BCUT2D eigenvalue weighted by molar-refractivity contribution is 7.92. The summed E-state index contributed by atoms with van der Waals surface area (Å²) >= 11 is 6.03. The summed E-state index contributed by atoms with van der Waals surface area (Å²) in [6, 6.07) is 19.9. The zero-order valence-electron chi connectivity index (χ0n) is 20.6. The van der Waals surface area contributed by atoms with Crippen LogP contribution >= 0.6 is 11.6 Å². The van der Waals surface area contributed by atoms with Crippen LogP contribution in [0.4, 0.5) is 11.4 Å². The second-order valence-electron chi connectivity index (χ2n) is 8.24. The number of halogens is 1. The SMILES string of the molecule is COc1ccc(NS(=O)(=O)c2ccc(OCC(=O)NCCCNc3ccnc4cc(Cl)ccc34)cc2)cc1. The summed E-state index contributed by atoms with van der Waals surface area (Å²) in [6.45, 7) is 0.945. The topological polar surface area (TPSA) is 119 Å². The van der Waals surface area contributed by atoms with Crippen molar-refractivity contribution in [2.75, 3.05) is 36.8 Å². The van der Waals surface area contributed by atoms with E-state index in [4.69, 9.17) is 21.1 Å². The molecule has 1 amide bonds. The van der Waals surface area contributed by atoms with Crippen LogP contribution in [0.3, 0.4) is 0 Å². The van der Waals surface area contributed by atoms with E-state index in [1.807, 2.05) is 24.3 Å². The molecule has 0 bridgehead atoms. The van der Waals surface area contributed by atoms with Gasteiger partial charge in [0.15, 0.2) is 6.61 Å². The molecule has 0 saturated carbocycles. The Kier molecular flexibility index (Phi) is 8.88. The van der Waals surface area contributed by atoms with Crippen LogP contribution < -0.4 is 24.8 Å². The first-order valence-electron chi connectivity index (χ1n) is 11.8. The van der Waals surface area contributed by atoms with Gasteiger partial charge in [-0.25, -0.2) is 8.42 Å². The number of anilines is 2. The first-order valence-corrected chi connectivity index (χ1v) is 13.6. The van der Waals surface area contributed by atoms with Crippen molar-refractivity contribution in [2.45, 2.75) is 11.3 Å². The minimum Gasteiger partial charge on any atom is -0.497 e. The number of fused-ring (bicyclic) bond motifs is 1. The first kappa shape index (κ1) is 27.0. The third-order valence-corrected chi connectivity index (χ3v) is 7.17. The summed E-state index contributed by atoms with van der Waals surface area (Å²) in [5, 5.41) is 7.77. The summed E-state index contributed by atoms with van der Waals surface area (Å²) in [5.41, 5.74) is 2.18. The molecule has 0 aliphatic rings. The van der Waals surface area contributed by atoms with Crippen molar-refractivity contribution in [3.63, 3.8) is 0 Å². The van der Waals surface area contributed by atoms with E-state index in [2.05, 4.69) is 20.3 Å². The molecule has 0 fully saturated rings. The Morgan fingerprint density at radius 2 is 1.68 bits per heavy atom. The number of carbonyl (C=O) groups excluding carboxylic acids is 1. The van der Waals surface area contributed by atoms with E-state index >= 15 is 0 Å². The fourth-order valence-electron chi connectivity index (χ4n) is 3.60. The molecule has 3 N–H and O–H groups in total. The number of rotatable bonds is 12. The highest BCUT2D eigenvalue weighted by Crippen LogP contribution is 2.24. The molecule has 11 heteroatoms. The van der Waals surface area contributed by atoms with Crippen LogP contribution in [0, 0.1) is 0 Å². The average Bonchev–Trinajstić information content (AvgIpc) is 2.92. The van der Waals surface area contributed by atoms with Crippen molar-refractivity contribution in [1.29, 1.82) is 0 Å². The van der Waals surface area contributed by atoms with Crippen LogP contribution in [0.5, 0.6) is 11.5 Å². The molecule has 0 aliphatic heterocycles. The zero-order chi connectivity index (χ0) is 27.0. The summed E-state index contributed by atoms with van der Waals surface area (Å²) in [6.07, 6.45) is 2.43. The zero-order valence-corrected chi connectivity index (χ0v) is 22.2. The minimum atomic E-state index is -3.77. The Bertz CT molecular complexity index is 1500. The standard InChI is InChI=1S/C27H27ClN4O5S/c1-36-21-6-4-20(5-7-21)32-38(34,35)23-10-8-22(9-11-23)37-18-27(33)31-15-2-14-29-25-13-16-30-26-17-19(28)3-12-24(25)26/h3-13,16-17,32H,2,14-15,18H2,1H3,(H,29,30)(H,31,33). The summed E-state index contributed by atoms with van der Waals surface area (Å²) in [4.78, 5) is 16.5. The summed E-state index contributed by atoms with van der Waals surface area (Å²) < 4.78 is 38.3. The van der Waals surface area contributed by atoms with Crippen LogP contribution in [0.25, 0.3) is 10.9 Å². The molecule has 0 saturated heterocycles. The Hall–Kier alpha value is -4.02. The van der Waals surface area contributed by atoms with Crippen molar-refractivity contribution in [1.82, 2.24) is 10.3 Å². The number of benzene rings is 3. The van der Waals surface area contributed by atoms with E-state index in [9.17, 15) is 13.2 Å². The van der Waals surface area contributed by atoms with Gasteiger partial charge in [0.1, 0.15) is 11.5 Å². The van der Waals surface area contributed by atoms with Gasteiger partial charge in [-0.1, -0.05) is 11.6 Å². The number of nitrogens with zero attached hydrogens (tertiary/aromatic N) is 1. The molecule has 3 aromatic carbocycles. The Morgan fingerprint density at radius 1 is 0.947 bits per heavy atom. The maximum atomic E-state index is 12.6. The molecule has 9 nitrogen and oxygen atoms in total. The van der Waals surface area contributed by atoms with Gasteiger partial charge in [-0.2, -0.15) is 0 Å². The molecule has 0 unspecified atom stereocenters. The van der Waals surface area contributed by atoms with Gasteiger partial charge < -0.3 is 20.1 Å². The molecular formula is C27H27ClN4O5S. The number of hydrogen-bond acceptors (Lipinski definition) is 7. The molecule has 4 aromatic rings. The van der Waals surface area contributed by atoms with E-state index in [1.165, 1.54) is 31.4 Å². The van der Waals surface area contributed by atoms with Crippen LogP contribution in [-0.4, -0.2) is 46.1 Å². The van der Waals surface area contributed by atoms with Crippen molar-refractivity contribution in [3.8, 4) is 11.5 Å². The minimum absolute atomic E-state index is 0.0719. The fraction of sp³-hybridized carbons (Fsp3) is 0.185. The Labute approximate surface area is 226 Å². The van der Waals surface area contributed by atoms with E-state index in [1.54, 1.807) is 30.5 Å². The largest absolute Gasteiger partial charge is 0.497 e. The maximum absolute atomic E-state index is 12.6. The number of pyridine rings is 1. The van der Waals surface area contributed by atoms with E-state index in [0.29, 0.717) is 41.7 Å². The quantitative estimate of drug-likeness (QED) is 0.217. The van der Waals surface area contributed by atoms with E-state index < -0.39 is 10.0 Å². The highest BCUT2D eigenvalue weighted by atomic mass is 35.5.